The number of benzene rings is 2. The van der Waals surface area contributed by atoms with Crippen molar-refractivity contribution in [3.8, 4) is 27.0 Å². The summed E-state index contributed by atoms with van der Waals surface area (Å²) in [6.45, 7) is 14.5. The first-order chi connectivity index (χ1) is 49.9. The monoisotopic (exact) mass is 1560 g/mol. The lowest BCUT2D eigenvalue weighted by Crippen LogP contribution is -2.52. The molecule has 0 bridgehead atoms. The van der Waals surface area contributed by atoms with Crippen molar-refractivity contribution in [2.24, 2.45) is 22.7 Å². The summed E-state index contributed by atoms with van der Waals surface area (Å²) in [7, 11) is 0. The number of aliphatic hydroxyl groups is 1. The van der Waals surface area contributed by atoms with E-state index in [9.17, 15) is 48.3 Å². The molecule has 2 saturated carbocycles. The SMILES string of the molecule is CCOC(=O)[C@]12CC(=O)[C@@H]3C[C@@H](Oc4nc5cc(Cl)c(Cl)cc5nc4-c4cccs4)CN3C(=O)[C@@H](NC(=O)OC(C)(C)C)CCCCC/C=C\[C@@H]1C2.CCOC(=O)[C@]12CC(=O)[C@@H]3C[C@H](O)CN3C(=O)[C@@H](NC(=O)OC(C)(C)C)CCCCC/C=C\[C@@H]1C2.O=c1[nH]c2cc(Cl)c(Cl)cc2nc1-c1cccs1. The average Bonchev–Trinajstić information content (AvgIpc) is 1.59. The summed E-state index contributed by atoms with van der Waals surface area (Å²) in [6.07, 6.45) is 13.7. The molecule has 2 aromatic carbocycles. The Kier molecular flexibility index (Phi) is 26.4. The Morgan fingerprint density at radius 3 is 1.55 bits per heavy atom. The van der Waals surface area contributed by atoms with Gasteiger partial charge >= 0.3 is 24.1 Å². The summed E-state index contributed by atoms with van der Waals surface area (Å²) in [6, 6.07) is 10.5. The van der Waals surface area contributed by atoms with Gasteiger partial charge in [-0.3, -0.25) is 33.6 Å². The van der Waals surface area contributed by atoms with E-state index in [-0.39, 0.29) is 92.8 Å². The molecule has 4 aliphatic heterocycles. The first-order valence-electron chi connectivity index (χ1n) is 35.7. The van der Waals surface area contributed by atoms with Gasteiger partial charge < -0.3 is 54.2 Å². The van der Waals surface area contributed by atoms with Gasteiger partial charge in [-0.2, -0.15) is 0 Å². The van der Waals surface area contributed by atoms with E-state index in [1.165, 1.54) is 32.5 Å². The molecule has 12 rings (SSSR count). The number of H-pyrrole nitrogens is 1. The molecule has 0 spiro atoms. The zero-order valence-electron chi connectivity index (χ0n) is 60.1. The number of carbonyl (C=O) groups is 8. The molecular formula is C76H90Cl4N8O15S2. The van der Waals surface area contributed by atoms with E-state index in [1.54, 1.807) is 79.7 Å². The Balaban J connectivity index is 0.000000190. The van der Waals surface area contributed by atoms with Crippen molar-refractivity contribution in [2.75, 3.05) is 26.3 Å². The highest BCUT2D eigenvalue weighted by Gasteiger charge is 2.63. The summed E-state index contributed by atoms with van der Waals surface area (Å²) >= 11 is 27.4. The van der Waals surface area contributed by atoms with Crippen molar-refractivity contribution in [2.45, 2.75) is 206 Å². The fourth-order valence-corrected chi connectivity index (χ4v) is 15.9. The fraction of sp³-hybridized carbons (Fsp3) is 0.526. The fourth-order valence-electron chi connectivity index (χ4n) is 13.8. The van der Waals surface area contributed by atoms with E-state index < -0.39 is 88.4 Å². The van der Waals surface area contributed by atoms with E-state index in [0.717, 1.165) is 48.3 Å². The molecule has 10 atom stereocenters. The zero-order chi connectivity index (χ0) is 75.7. The summed E-state index contributed by atoms with van der Waals surface area (Å²) in [5, 5.41) is 21.1. The van der Waals surface area contributed by atoms with Gasteiger partial charge in [-0.1, -0.05) is 109 Å². The van der Waals surface area contributed by atoms with Gasteiger partial charge in [0.25, 0.3) is 5.56 Å². The number of hydrogen-bond acceptors (Lipinski definition) is 20. The minimum absolute atomic E-state index is 0.0114. The average molecular weight is 1560 g/mol. The molecule has 2 saturated heterocycles. The van der Waals surface area contributed by atoms with E-state index in [4.69, 9.17) is 80.1 Å². The van der Waals surface area contributed by atoms with Crippen LogP contribution in [-0.4, -0.2) is 156 Å². The van der Waals surface area contributed by atoms with Crippen LogP contribution in [0.5, 0.6) is 5.88 Å². The number of aromatic nitrogens is 4. The van der Waals surface area contributed by atoms with Gasteiger partial charge in [0.1, 0.15) is 40.8 Å². The second-order valence-corrected chi connectivity index (χ2v) is 32.9. The van der Waals surface area contributed by atoms with Crippen molar-refractivity contribution in [1.82, 2.24) is 40.4 Å². The van der Waals surface area contributed by atoms with E-state index in [0.29, 0.717) is 92.1 Å². The maximum absolute atomic E-state index is 14.5. The van der Waals surface area contributed by atoms with E-state index in [2.05, 4.69) is 32.8 Å². The number of nitrogens with one attached hydrogen (secondary N) is 3. The number of hydrogen-bond donors (Lipinski definition) is 4. The normalized spacial score (nSPS) is 25.8. The van der Waals surface area contributed by atoms with E-state index >= 15 is 0 Å². The van der Waals surface area contributed by atoms with Crippen molar-refractivity contribution in [1.29, 1.82) is 0 Å². The van der Waals surface area contributed by atoms with Crippen LogP contribution in [0.25, 0.3) is 43.2 Å². The van der Waals surface area contributed by atoms with Crippen LogP contribution in [0.3, 0.4) is 0 Å². The summed E-state index contributed by atoms with van der Waals surface area (Å²) in [5.41, 5.74) is -0.531. The van der Waals surface area contributed by atoms with Crippen LogP contribution in [-0.2, 0) is 47.7 Å². The van der Waals surface area contributed by atoms with Crippen molar-refractivity contribution >= 4 is 139 Å². The molecule has 0 unspecified atom stereocenters. The number of fused-ring (bicyclic) bond motifs is 6. The largest absolute Gasteiger partial charge is 0.471 e. The lowest BCUT2D eigenvalue weighted by atomic mass is 9.91. The number of halogens is 4. The molecule has 4 N–H and O–H groups in total. The van der Waals surface area contributed by atoms with Gasteiger partial charge in [-0.25, -0.2) is 24.5 Å². The molecule has 4 aromatic heterocycles. The third kappa shape index (κ3) is 20.2. The number of amides is 4. The summed E-state index contributed by atoms with van der Waals surface area (Å²) < 4.78 is 28.2. The number of aromatic amines is 1. The smallest absolute Gasteiger partial charge is 0.408 e. The van der Waals surface area contributed by atoms with Gasteiger partial charge in [0.2, 0.25) is 17.7 Å². The Morgan fingerprint density at radius 1 is 0.610 bits per heavy atom. The third-order valence-corrected chi connectivity index (χ3v) is 22.3. The van der Waals surface area contributed by atoms with Crippen LogP contribution < -0.4 is 20.9 Å². The molecule has 0 radical (unpaired) electrons. The van der Waals surface area contributed by atoms with Gasteiger partial charge in [-0.05, 0) is 166 Å². The number of thiophene rings is 2. The Labute approximate surface area is 637 Å². The second kappa shape index (κ2) is 34.6. The number of nitrogens with zero attached hydrogens (tertiary/aromatic N) is 5. The number of ketones is 2. The van der Waals surface area contributed by atoms with Gasteiger partial charge in [-0.15, -0.1) is 22.7 Å². The standard InChI is InChI=1S/C38H44Cl2N4O7S.C26H40N2O7.C12H6Cl2N2OS/c1-5-49-35(47)38-19-22(38)12-9-7-6-8-10-13-26(43-36(48)51-37(2,3)4)34(46)44-21-23(16-29(44)30(45)20-38)50-33-32(31-14-11-15-52-31)41-27-17-24(39)25(40)18-28(27)42-33;1-5-34-23(32)26-14-17(26)11-9-7-6-8-10-12-19(27-24(33)35-25(2,3)4)22(31)28-16-18(29)13-20(28)21(30)15-26;13-6-4-8-9(5-7(6)14)16-12(17)11(15-8)10-2-1-3-18-10/h9,11-12,14-15,17-18,22-23,26,29H,5-8,10,13,16,19-21H2,1-4H3,(H,43,48);9,11,17-20,29H,5-8,10,12-16H2,1-4H3,(H,27,33);1-5H,(H,16,17)/b12-9-;11-9-;/t22-,23-,26+,29+,38-;17-,18+,19+,20+,26-;/m11./s1. The minimum Gasteiger partial charge on any atom is -0.471 e. The molecule has 29 heteroatoms. The van der Waals surface area contributed by atoms with Crippen LogP contribution in [0.1, 0.15) is 158 Å². The molecule has 6 aromatic rings. The third-order valence-electron chi connectivity index (χ3n) is 19.1. The second-order valence-electron chi connectivity index (χ2n) is 29.4. The first kappa shape index (κ1) is 80.0. The lowest BCUT2D eigenvalue weighted by molar-refractivity contribution is -0.153. The molecule has 8 heterocycles. The highest BCUT2D eigenvalue weighted by atomic mass is 35.5. The minimum atomic E-state index is -0.984. The topological polar surface area (TPSA) is 305 Å². The number of Topliss-reactive ketones (excluding diaryl/α,β-unsaturated/α-hetero) is 2. The Morgan fingerprint density at radius 2 is 1.07 bits per heavy atom. The van der Waals surface area contributed by atoms with Crippen molar-refractivity contribution < 1.29 is 67.1 Å². The maximum atomic E-state index is 14.5. The first-order valence-corrected chi connectivity index (χ1v) is 39.0. The predicted octanol–water partition coefficient (Wildman–Crippen LogP) is 14.8. The van der Waals surface area contributed by atoms with Crippen LogP contribution in [0.15, 0.2) is 88.4 Å². The maximum Gasteiger partial charge on any atom is 0.408 e. The van der Waals surface area contributed by atoms with Crippen LogP contribution in [0, 0.1) is 22.7 Å². The number of allylic oxidation sites excluding steroid dienone is 4. The lowest BCUT2D eigenvalue weighted by Gasteiger charge is -2.30. The highest BCUT2D eigenvalue weighted by Crippen LogP contribution is 2.59. The molecule has 4 fully saturated rings. The number of esters is 2. The highest BCUT2D eigenvalue weighted by molar-refractivity contribution is 7.13. The molecule has 564 valence electrons. The van der Waals surface area contributed by atoms with E-state index in [1.807, 2.05) is 47.2 Å². The summed E-state index contributed by atoms with van der Waals surface area (Å²) in [4.78, 5) is 141. The number of carbonyl (C=O) groups excluding carboxylic acids is 8. The number of rotatable bonds is 10. The molecule has 2 aliphatic carbocycles. The van der Waals surface area contributed by atoms with Gasteiger partial charge in [0, 0.05) is 32.2 Å². The van der Waals surface area contributed by atoms with Crippen LogP contribution in [0.2, 0.25) is 20.1 Å². The van der Waals surface area contributed by atoms with Crippen LogP contribution >= 0.6 is 69.1 Å². The predicted molar refractivity (Wildman–Crippen MR) is 404 cm³/mol. The number of aliphatic hydroxyl groups excluding tert-OH is 1. The van der Waals surface area contributed by atoms with Gasteiger partial charge in [0.15, 0.2) is 11.6 Å². The quantitative estimate of drug-likeness (QED) is 0.0563. The molecule has 6 aliphatic rings. The molecule has 23 nitrogen and oxygen atoms in total. The summed E-state index contributed by atoms with van der Waals surface area (Å²) in [5.74, 6) is -2.09. The van der Waals surface area contributed by atoms with Crippen molar-refractivity contribution in [3.05, 3.63) is 114 Å². The molecule has 105 heavy (non-hydrogen) atoms. The number of ether oxygens (including phenoxy) is 5. The Bertz CT molecular complexity index is 4310. The molecular weight excluding hydrogens is 1470 g/mol. The van der Waals surface area contributed by atoms with Crippen LogP contribution in [0.4, 0.5) is 9.59 Å². The number of alkyl carbamates (subject to hydrolysis) is 2. The zero-order valence-corrected chi connectivity index (χ0v) is 64.7. The Hall–Kier alpha value is -7.52. The van der Waals surface area contributed by atoms with Gasteiger partial charge in [0.05, 0.1) is 101 Å². The molecule has 4 amide bonds. The van der Waals surface area contributed by atoms with Crippen molar-refractivity contribution in [3.63, 3.8) is 0 Å².